The molecule has 1 N–H and O–H groups in total. The number of nitrogens with zero attached hydrogens (tertiary/aromatic N) is 1. The molecule has 0 saturated carbocycles. The van der Waals surface area contributed by atoms with Gasteiger partial charge in [-0.1, -0.05) is 0 Å². The van der Waals surface area contributed by atoms with Crippen molar-refractivity contribution in [2.45, 2.75) is 39.1 Å². The third kappa shape index (κ3) is 5.36. The number of morpholine rings is 1. The Morgan fingerprint density at radius 3 is 2.73 bits per heavy atom. The van der Waals surface area contributed by atoms with Gasteiger partial charge in [0.2, 0.25) is 0 Å². The van der Waals surface area contributed by atoms with Gasteiger partial charge in [-0.05, 0) is 32.4 Å². The summed E-state index contributed by atoms with van der Waals surface area (Å²) in [6, 6.07) is 3.64. The molecule has 0 bridgehead atoms. The second kappa shape index (κ2) is 8.07. The fourth-order valence-corrected chi connectivity index (χ4v) is 3.76. The standard InChI is InChI=1S/C14H24N2O5S/c1-12-9-16(10-13(2)21-12)22(17,18)15-6-4-7-19-11-14-5-3-8-20-14/h3,5,8,12-13,15H,4,6-7,9-11H2,1-2H3/t12-,13-/m1/s1. The molecule has 1 aliphatic heterocycles. The third-order valence-electron chi connectivity index (χ3n) is 3.30. The Hall–Kier alpha value is -0.930. The zero-order valence-electron chi connectivity index (χ0n) is 13.0. The minimum absolute atomic E-state index is 0.0862. The third-order valence-corrected chi connectivity index (χ3v) is 4.85. The second-order valence-electron chi connectivity index (χ2n) is 5.46. The summed E-state index contributed by atoms with van der Waals surface area (Å²) in [5, 5.41) is 0. The molecule has 0 aliphatic carbocycles. The van der Waals surface area contributed by atoms with Gasteiger partial charge in [-0.15, -0.1) is 0 Å². The molecule has 0 radical (unpaired) electrons. The van der Waals surface area contributed by atoms with E-state index in [0.717, 1.165) is 5.76 Å². The molecule has 1 saturated heterocycles. The SMILES string of the molecule is C[C@@H]1CN(S(=O)(=O)NCCCOCc2ccco2)C[C@@H](C)O1. The summed E-state index contributed by atoms with van der Waals surface area (Å²) in [4.78, 5) is 0. The molecule has 126 valence electrons. The molecule has 1 fully saturated rings. The Morgan fingerprint density at radius 2 is 2.09 bits per heavy atom. The van der Waals surface area contributed by atoms with Gasteiger partial charge in [-0.3, -0.25) is 0 Å². The first-order chi connectivity index (χ1) is 10.5. The van der Waals surface area contributed by atoms with E-state index >= 15 is 0 Å². The average molecular weight is 332 g/mol. The molecule has 2 atom stereocenters. The van der Waals surface area contributed by atoms with Crippen LogP contribution in [0.4, 0.5) is 0 Å². The predicted octanol–water partition coefficient (Wildman–Crippen LogP) is 1.13. The fourth-order valence-electron chi connectivity index (χ4n) is 2.36. The minimum atomic E-state index is -3.45. The topological polar surface area (TPSA) is 81.0 Å². The van der Waals surface area contributed by atoms with Crippen LogP contribution in [-0.2, 0) is 26.3 Å². The fraction of sp³-hybridized carbons (Fsp3) is 0.714. The first kappa shape index (κ1) is 17.4. The Balaban J connectivity index is 1.64. The molecule has 7 nitrogen and oxygen atoms in total. The molecule has 22 heavy (non-hydrogen) atoms. The van der Waals surface area contributed by atoms with Gasteiger partial charge >= 0.3 is 0 Å². The summed E-state index contributed by atoms with van der Waals surface area (Å²) in [6.07, 6.45) is 2.03. The van der Waals surface area contributed by atoms with E-state index in [2.05, 4.69) is 4.72 Å². The normalized spacial score (nSPS) is 23.7. The summed E-state index contributed by atoms with van der Waals surface area (Å²) < 4.78 is 44.5. The van der Waals surface area contributed by atoms with Crippen molar-refractivity contribution in [2.24, 2.45) is 0 Å². The zero-order valence-corrected chi connectivity index (χ0v) is 13.8. The van der Waals surface area contributed by atoms with Gasteiger partial charge in [0.1, 0.15) is 12.4 Å². The minimum Gasteiger partial charge on any atom is -0.467 e. The van der Waals surface area contributed by atoms with Crippen LogP contribution in [0.1, 0.15) is 26.0 Å². The molecule has 0 unspecified atom stereocenters. The quantitative estimate of drug-likeness (QED) is 0.722. The van der Waals surface area contributed by atoms with E-state index in [4.69, 9.17) is 13.9 Å². The van der Waals surface area contributed by atoms with E-state index in [1.165, 1.54) is 4.31 Å². The molecule has 2 heterocycles. The molecule has 0 amide bonds. The van der Waals surface area contributed by atoms with E-state index < -0.39 is 10.2 Å². The van der Waals surface area contributed by atoms with Crippen LogP contribution in [0.25, 0.3) is 0 Å². The molecule has 1 aromatic rings. The van der Waals surface area contributed by atoms with Crippen molar-refractivity contribution in [3.05, 3.63) is 24.2 Å². The van der Waals surface area contributed by atoms with E-state index in [1.54, 1.807) is 12.3 Å². The van der Waals surface area contributed by atoms with Gasteiger partial charge in [0.15, 0.2) is 0 Å². The molecule has 1 aliphatic rings. The first-order valence-corrected chi connectivity index (χ1v) is 8.91. The Morgan fingerprint density at radius 1 is 1.36 bits per heavy atom. The summed E-state index contributed by atoms with van der Waals surface area (Å²) in [6.45, 7) is 5.74. The van der Waals surface area contributed by atoms with Crippen LogP contribution in [0.3, 0.4) is 0 Å². The van der Waals surface area contributed by atoms with Crippen LogP contribution in [0.2, 0.25) is 0 Å². The molecule has 0 spiro atoms. The van der Waals surface area contributed by atoms with Gasteiger partial charge in [-0.25, -0.2) is 4.72 Å². The summed E-state index contributed by atoms with van der Waals surface area (Å²) in [7, 11) is -3.45. The van der Waals surface area contributed by atoms with Gasteiger partial charge in [-0.2, -0.15) is 12.7 Å². The Bertz CT molecular complexity index is 521. The van der Waals surface area contributed by atoms with E-state index in [0.29, 0.717) is 39.3 Å². The second-order valence-corrected chi connectivity index (χ2v) is 7.21. The molecule has 1 aromatic heterocycles. The van der Waals surface area contributed by atoms with Crippen molar-refractivity contribution in [1.82, 2.24) is 9.03 Å². The van der Waals surface area contributed by atoms with Crippen LogP contribution < -0.4 is 4.72 Å². The monoisotopic (exact) mass is 332 g/mol. The van der Waals surface area contributed by atoms with Crippen LogP contribution in [0.15, 0.2) is 22.8 Å². The highest BCUT2D eigenvalue weighted by atomic mass is 32.2. The summed E-state index contributed by atoms with van der Waals surface area (Å²) in [5.41, 5.74) is 0. The van der Waals surface area contributed by atoms with Gasteiger partial charge in [0.05, 0.1) is 18.5 Å². The Labute approximate surface area is 131 Å². The highest BCUT2D eigenvalue weighted by Crippen LogP contribution is 2.13. The summed E-state index contributed by atoms with van der Waals surface area (Å²) >= 11 is 0. The van der Waals surface area contributed by atoms with Crippen LogP contribution in [-0.4, -0.2) is 51.2 Å². The number of ether oxygens (including phenoxy) is 2. The van der Waals surface area contributed by atoms with Crippen LogP contribution in [0, 0.1) is 0 Å². The van der Waals surface area contributed by atoms with Crippen molar-refractivity contribution in [3.63, 3.8) is 0 Å². The lowest BCUT2D eigenvalue weighted by Crippen LogP contribution is -2.52. The molecular weight excluding hydrogens is 308 g/mol. The molecule has 2 rings (SSSR count). The lowest BCUT2D eigenvalue weighted by molar-refractivity contribution is -0.0444. The summed E-state index contributed by atoms with van der Waals surface area (Å²) in [5.74, 6) is 0.761. The van der Waals surface area contributed by atoms with Crippen LogP contribution >= 0.6 is 0 Å². The van der Waals surface area contributed by atoms with E-state index in [9.17, 15) is 8.42 Å². The lowest BCUT2D eigenvalue weighted by Gasteiger charge is -2.34. The van der Waals surface area contributed by atoms with Gasteiger partial charge < -0.3 is 13.9 Å². The maximum absolute atomic E-state index is 12.2. The lowest BCUT2D eigenvalue weighted by atomic mass is 10.3. The molecule has 0 aromatic carbocycles. The molecule has 8 heteroatoms. The van der Waals surface area contributed by atoms with Gasteiger partial charge in [0.25, 0.3) is 10.2 Å². The number of rotatable bonds is 8. The number of furan rings is 1. The van der Waals surface area contributed by atoms with Crippen molar-refractivity contribution < 1.29 is 22.3 Å². The smallest absolute Gasteiger partial charge is 0.279 e. The van der Waals surface area contributed by atoms with E-state index in [-0.39, 0.29) is 12.2 Å². The maximum Gasteiger partial charge on any atom is 0.279 e. The van der Waals surface area contributed by atoms with E-state index in [1.807, 2.05) is 19.9 Å². The largest absolute Gasteiger partial charge is 0.467 e. The highest BCUT2D eigenvalue weighted by Gasteiger charge is 2.30. The molecular formula is C14H24N2O5S. The number of hydrogen-bond donors (Lipinski definition) is 1. The number of hydrogen-bond acceptors (Lipinski definition) is 5. The van der Waals surface area contributed by atoms with Gasteiger partial charge in [0, 0.05) is 26.2 Å². The zero-order chi connectivity index (χ0) is 16.0. The first-order valence-electron chi connectivity index (χ1n) is 7.47. The highest BCUT2D eigenvalue weighted by molar-refractivity contribution is 7.87. The Kier molecular flexibility index (Phi) is 6.39. The van der Waals surface area contributed by atoms with Crippen molar-refractivity contribution in [3.8, 4) is 0 Å². The van der Waals surface area contributed by atoms with Crippen molar-refractivity contribution in [2.75, 3.05) is 26.2 Å². The van der Waals surface area contributed by atoms with Crippen LogP contribution in [0.5, 0.6) is 0 Å². The predicted molar refractivity (Wildman–Crippen MR) is 81.5 cm³/mol. The van der Waals surface area contributed by atoms with Crippen molar-refractivity contribution >= 4 is 10.2 Å². The van der Waals surface area contributed by atoms with Crippen molar-refractivity contribution in [1.29, 1.82) is 0 Å². The number of nitrogens with one attached hydrogen (secondary N) is 1. The maximum atomic E-state index is 12.2. The average Bonchev–Trinajstić information content (AvgIpc) is 2.95.